The molecule has 1 aliphatic carbocycles. The molecule has 1 fully saturated rings. The Balaban J connectivity index is 2.20. The first-order valence-electron chi connectivity index (χ1n) is 7.72. The Morgan fingerprint density at radius 3 is 2.55 bits per heavy atom. The summed E-state index contributed by atoms with van der Waals surface area (Å²) in [7, 11) is 0. The van der Waals surface area contributed by atoms with Crippen molar-refractivity contribution < 1.29 is 4.74 Å². The van der Waals surface area contributed by atoms with Crippen LogP contribution >= 0.6 is 0 Å². The number of hydrogen-bond acceptors (Lipinski definition) is 1. The van der Waals surface area contributed by atoms with Crippen molar-refractivity contribution in [1.82, 2.24) is 0 Å². The van der Waals surface area contributed by atoms with Gasteiger partial charge in [0.15, 0.2) is 0 Å². The normalized spacial score (nSPS) is 27.4. The number of fused-ring (bicyclic) bond motifs is 1. The van der Waals surface area contributed by atoms with Gasteiger partial charge in [-0.3, -0.25) is 0 Å². The Bertz CT molecular complexity index is 587. The summed E-state index contributed by atoms with van der Waals surface area (Å²) in [5.74, 6) is 4.61. The predicted octanol–water partition coefficient (Wildman–Crippen LogP) is 4.77. The van der Waals surface area contributed by atoms with E-state index >= 15 is 0 Å². The molecule has 20 heavy (non-hydrogen) atoms. The molecule has 3 rings (SSSR count). The Kier molecular flexibility index (Phi) is 2.91. The molecule has 1 aromatic carbocycles. The van der Waals surface area contributed by atoms with Gasteiger partial charge in [-0.2, -0.15) is 0 Å². The molecule has 1 aliphatic heterocycles. The summed E-state index contributed by atoms with van der Waals surface area (Å²) < 4.78 is 6.47. The zero-order valence-electron chi connectivity index (χ0n) is 13.0. The molecule has 1 heteroatoms. The Morgan fingerprint density at radius 1 is 1.30 bits per heavy atom. The second-order valence-electron chi connectivity index (χ2n) is 7.33. The van der Waals surface area contributed by atoms with Crippen LogP contribution in [0.15, 0.2) is 12.1 Å². The zero-order valence-corrected chi connectivity index (χ0v) is 13.0. The minimum atomic E-state index is -0.0577. The van der Waals surface area contributed by atoms with Gasteiger partial charge < -0.3 is 4.74 Å². The van der Waals surface area contributed by atoms with Crippen LogP contribution in [0, 0.1) is 12.3 Å². The van der Waals surface area contributed by atoms with E-state index in [4.69, 9.17) is 11.2 Å². The molecule has 2 aliphatic rings. The van der Waals surface area contributed by atoms with E-state index in [1.54, 1.807) is 0 Å². The maximum Gasteiger partial charge on any atom is 0.127 e. The first kappa shape index (κ1) is 13.6. The van der Waals surface area contributed by atoms with Crippen LogP contribution in [0.5, 0.6) is 5.75 Å². The van der Waals surface area contributed by atoms with Gasteiger partial charge in [0.25, 0.3) is 0 Å². The van der Waals surface area contributed by atoms with Crippen LogP contribution < -0.4 is 4.74 Å². The first-order valence-corrected chi connectivity index (χ1v) is 7.72. The van der Waals surface area contributed by atoms with Crippen molar-refractivity contribution >= 4 is 0 Å². The highest BCUT2D eigenvalue weighted by Gasteiger charge is 2.43. The van der Waals surface area contributed by atoms with Gasteiger partial charge in [0.2, 0.25) is 0 Å². The Labute approximate surface area is 122 Å². The van der Waals surface area contributed by atoms with Gasteiger partial charge in [0.05, 0.1) is 0 Å². The van der Waals surface area contributed by atoms with Crippen LogP contribution in [0.3, 0.4) is 0 Å². The minimum Gasteiger partial charge on any atom is -0.487 e. The van der Waals surface area contributed by atoms with Crippen molar-refractivity contribution in [2.24, 2.45) is 0 Å². The van der Waals surface area contributed by atoms with Crippen LogP contribution in [-0.4, -0.2) is 5.60 Å². The fourth-order valence-electron chi connectivity index (χ4n) is 3.56. The van der Waals surface area contributed by atoms with E-state index in [9.17, 15) is 0 Å². The summed E-state index contributed by atoms with van der Waals surface area (Å²) in [6.45, 7) is 9.09. The summed E-state index contributed by atoms with van der Waals surface area (Å²) in [6, 6.07) is 4.34. The van der Waals surface area contributed by atoms with Gasteiger partial charge in [0, 0.05) is 11.1 Å². The lowest BCUT2D eigenvalue weighted by Crippen LogP contribution is -2.43. The van der Waals surface area contributed by atoms with Gasteiger partial charge >= 0.3 is 0 Å². The molecular formula is C19H24O. The fourth-order valence-corrected chi connectivity index (χ4v) is 3.56. The van der Waals surface area contributed by atoms with Crippen molar-refractivity contribution in [3.63, 3.8) is 0 Å². The lowest BCUT2D eigenvalue weighted by Gasteiger charge is -2.45. The molecule has 0 radical (unpaired) electrons. The highest BCUT2D eigenvalue weighted by molar-refractivity contribution is 5.55. The Morgan fingerprint density at radius 2 is 2.00 bits per heavy atom. The molecule has 1 saturated carbocycles. The quantitative estimate of drug-likeness (QED) is 0.702. The van der Waals surface area contributed by atoms with Crippen molar-refractivity contribution in [2.75, 3.05) is 0 Å². The van der Waals surface area contributed by atoms with E-state index in [-0.39, 0.29) is 11.0 Å². The third kappa shape index (κ3) is 2.12. The molecule has 1 heterocycles. The summed E-state index contributed by atoms with van der Waals surface area (Å²) in [5.41, 5.74) is 3.72. The monoisotopic (exact) mass is 268 g/mol. The minimum absolute atomic E-state index is 0.0577. The second kappa shape index (κ2) is 4.29. The van der Waals surface area contributed by atoms with Gasteiger partial charge in [-0.25, -0.2) is 0 Å². The molecule has 1 nitrogen and oxygen atoms in total. The second-order valence-corrected chi connectivity index (χ2v) is 7.33. The molecule has 0 N–H and O–H groups in total. The van der Waals surface area contributed by atoms with E-state index in [0.29, 0.717) is 5.92 Å². The van der Waals surface area contributed by atoms with Crippen LogP contribution in [0.25, 0.3) is 0 Å². The third-order valence-electron chi connectivity index (χ3n) is 4.94. The number of terminal acetylenes is 1. The van der Waals surface area contributed by atoms with Crippen molar-refractivity contribution in [1.29, 1.82) is 0 Å². The topological polar surface area (TPSA) is 9.23 Å². The van der Waals surface area contributed by atoms with Crippen LogP contribution in [0.4, 0.5) is 0 Å². The molecule has 0 amide bonds. The number of hydrogen-bond donors (Lipinski definition) is 0. The highest BCUT2D eigenvalue weighted by Crippen LogP contribution is 2.53. The molecule has 1 aromatic rings. The summed E-state index contributed by atoms with van der Waals surface area (Å²) in [4.78, 5) is 0. The summed E-state index contributed by atoms with van der Waals surface area (Å²) in [5, 5.41) is 0. The SMILES string of the molecule is C#Cc1cc(C2CC2)c2c(c1)C(C)(C)CC(C)(CC)O2. The van der Waals surface area contributed by atoms with Gasteiger partial charge in [-0.1, -0.05) is 26.7 Å². The number of rotatable bonds is 2. The van der Waals surface area contributed by atoms with E-state index < -0.39 is 0 Å². The van der Waals surface area contributed by atoms with Crippen LogP contribution in [-0.2, 0) is 5.41 Å². The average molecular weight is 268 g/mol. The maximum atomic E-state index is 6.47. The van der Waals surface area contributed by atoms with E-state index in [2.05, 4.69) is 45.7 Å². The number of benzene rings is 1. The summed E-state index contributed by atoms with van der Waals surface area (Å²) >= 11 is 0. The fraction of sp³-hybridized carbons (Fsp3) is 0.579. The van der Waals surface area contributed by atoms with Gasteiger partial charge in [0.1, 0.15) is 11.4 Å². The Hall–Kier alpha value is -1.42. The van der Waals surface area contributed by atoms with Crippen molar-refractivity contribution in [3.8, 4) is 18.1 Å². The maximum absolute atomic E-state index is 6.47. The first-order chi connectivity index (χ1) is 9.38. The van der Waals surface area contributed by atoms with E-state index in [1.165, 1.54) is 24.0 Å². The molecular weight excluding hydrogens is 244 g/mol. The molecule has 0 saturated heterocycles. The lowest BCUT2D eigenvalue weighted by atomic mass is 9.71. The zero-order chi connectivity index (χ0) is 14.5. The molecule has 1 unspecified atom stereocenters. The van der Waals surface area contributed by atoms with Crippen LogP contribution in [0.2, 0.25) is 0 Å². The standard InChI is InChI=1S/C19H24O/c1-6-13-10-15(14-8-9-14)17-16(11-13)18(3,4)12-19(5,7-2)20-17/h1,10-11,14H,7-9,12H2,2-5H3. The number of ether oxygens (including phenoxy) is 1. The highest BCUT2D eigenvalue weighted by atomic mass is 16.5. The molecule has 0 aromatic heterocycles. The lowest BCUT2D eigenvalue weighted by molar-refractivity contribution is 0.0313. The van der Waals surface area contributed by atoms with Gasteiger partial charge in [-0.15, -0.1) is 6.42 Å². The van der Waals surface area contributed by atoms with Crippen molar-refractivity contribution in [2.45, 2.75) is 70.3 Å². The van der Waals surface area contributed by atoms with E-state index in [1.807, 2.05) is 0 Å². The smallest absolute Gasteiger partial charge is 0.127 e. The molecule has 0 bridgehead atoms. The van der Waals surface area contributed by atoms with E-state index in [0.717, 1.165) is 24.2 Å². The van der Waals surface area contributed by atoms with Crippen molar-refractivity contribution in [3.05, 3.63) is 28.8 Å². The van der Waals surface area contributed by atoms with Crippen LogP contribution in [0.1, 0.15) is 76.0 Å². The molecule has 0 spiro atoms. The largest absolute Gasteiger partial charge is 0.487 e. The van der Waals surface area contributed by atoms with Gasteiger partial charge in [-0.05, 0) is 61.6 Å². The summed E-state index contributed by atoms with van der Waals surface area (Å²) in [6.07, 6.45) is 10.3. The molecule has 106 valence electrons. The third-order valence-corrected chi connectivity index (χ3v) is 4.94. The average Bonchev–Trinajstić information content (AvgIpc) is 3.21. The predicted molar refractivity (Wildman–Crippen MR) is 83.3 cm³/mol. The molecule has 1 atom stereocenters.